The van der Waals surface area contributed by atoms with Crippen LogP contribution in [0, 0.1) is 0 Å². The van der Waals surface area contributed by atoms with Crippen molar-refractivity contribution >= 4 is 17.6 Å². The van der Waals surface area contributed by atoms with Crippen molar-refractivity contribution in [2.75, 3.05) is 0 Å². The van der Waals surface area contributed by atoms with E-state index in [0.717, 1.165) is 18.4 Å². The smallest absolute Gasteiger partial charge is 0.331 e. The molecular weight excluding hydrogens is 216 g/mol. The fourth-order valence-corrected chi connectivity index (χ4v) is 2.36. The summed E-state index contributed by atoms with van der Waals surface area (Å²) in [6.45, 7) is 0. The van der Waals surface area contributed by atoms with Crippen molar-refractivity contribution in [2.45, 2.75) is 37.1 Å². The van der Waals surface area contributed by atoms with Gasteiger partial charge >= 0.3 is 5.97 Å². The molecule has 0 bridgehead atoms. The van der Waals surface area contributed by atoms with E-state index in [2.05, 4.69) is 5.10 Å². The summed E-state index contributed by atoms with van der Waals surface area (Å²) in [5.41, 5.74) is 0.175. The first-order valence-electron chi connectivity index (χ1n) is 5.12. The second kappa shape index (κ2) is 2.76. The number of hydrogen-bond acceptors (Lipinski definition) is 2. The van der Waals surface area contributed by atoms with E-state index in [-0.39, 0.29) is 0 Å². The van der Waals surface area contributed by atoms with Gasteiger partial charge in [0.1, 0.15) is 5.15 Å². The van der Waals surface area contributed by atoms with Crippen molar-refractivity contribution in [1.82, 2.24) is 9.78 Å². The lowest BCUT2D eigenvalue weighted by molar-refractivity contribution is -0.142. The van der Waals surface area contributed by atoms with Gasteiger partial charge in [0.25, 0.3) is 0 Å². The predicted octanol–water partition coefficient (Wildman–Crippen LogP) is 1.99. The minimum Gasteiger partial charge on any atom is -0.479 e. The van der Waals surface area contributed by atoms with Gasteiger partial charge in [-0.1, -0.05) is 11.6 Å². The van der Waals surface area contributed by atoms with Gasteiger partial charge in [-0.15, -0.1) is 0 Å². The highest BCUT2D eigenvalue weighted by Gasteiger charge is 2.54. The largest absolute Gasteiger partial charge is 0.479 e. The number of carboxylic acids is 1. The standard InChI is InChI=1S/C10H11ClN2O2/c11-8-7(6-1-2-6)5-12-13(8)10(3-4-10)9(14)15/h5-6H,1-4H2,(H,14,15). The molecular formula is C10H11ClN2O2. The lowest BCUT2D eigenvalue weighted by atomic mass is 10.2. The minimum absolute atomic E-state index is 0.510. The summed E-state index contributed by atoms with van der Waals surface area (Å²) < 4.78 is 1.49. The molecule has 1 aromatic rings. The normalized spacial score (nSPS) is 22.7. The van der Waals surface area contributed by atoms with Gasteiger partial charge < -0.3 is 5.11 Å². The number of carbonyl (C=O) groups is 1. The Hall–Kier alpha value is -1.03. The van der Waals surface area contributed by atoms with Gasteiger partial charge in [-0.05, 0) is 31.6 Å². The zero-order valence-corrected chi connectivity index (χ0v) is 8.87. The monoisotopic (exact) mass is 226 g/mol. The van der Waals surface area contributed by atoms with E-state index in [4.69, 9.17) is 16.7 Å². The average molecular weight is 227 g/mol. The number of hydrogen-bond donors (Lipinski definition) is 1. The Morgan fingerprint density at radius 2 is 2.27 bits per heavy atom. The first-order chi connectivity index (χ1) is 7.15. The predicted molar refractivity (Wildman–Crippen MR) is 54.1 cm³/mol. The van der Waals surface area contributed by atoms with Crippen LogP contribution in [0.5, 0.6) is 0 Å². The number of carboxylic acid groups (broad SMARTS) is 1. The van der Waals surface area contributed by atoms with Gasteiger partial charge in [-0.3, -0.25) is 0 Å². The summed E-state index contributed by atoms with van der Waals surface area (Å²) >= 11 is 6.17. The van der Waals surface area contributed by atoms with Gasteiger partial charge in [0, 0.05) is 5.56 Å². The first kappa shape index (κ1) is 9.21. The summed E-state index contributed by atoms with van der Waals surface area (Å²) in [5, 5.41) is 13.8. The van der Waals surface area contributed by atoms with Gasteiger partial charge in [0.15, 0.2) is 5.54 Å². The van der Waals surface area contributed by atoms with E-state index in [0.29, 0.717) is 23.9 Å². The van der Waals surface area contributed by atoms with Crippen LogP contribution in [0.15, 0.2) is 6.20 Å². The Morgan fingerprint density at radius 1 is 1.60 bits per heavy atom. The maximum atomic E-state index is 11.1. The summed E-state index contributed by atoms with van der Waals surface area (Å²) in [5.74, 6) is -0.314. The molecule has 2 fully saturated rings. The number of aromatic nitrogens is 2. The Kier molecular flexibility index (Phi) is 1.69. The topological polar surface area (TPSA) is 55.1 Å². The Labute approximate surface area is 91.8 Å². The lowest BCUT2D eigenvalue weighted by Gasteiger charge is -2.11. The number of aliphatic carboxylic acids is 1. The summed E-state index contributed by atoms with van der Waals surface area (Å²) in [4.78, 5) is 11.1. The minimum atomic E-state index is -0.843. The number of rotatable bonds is 3. The average Bonchev–Trinajstić information content (AvgIpc) is 3.08. The molecule has 1 N–H and O–H groups in total. The van der Waals surface area contributed by atoms with E-state index in [1.807, 2.05) is 0 Å². The lowest BCUT2D eigenvalue weighted by Crippen LogP contribution is -2.28. The van der Waals surface area contributed by atoms with E-state index in [1.54, 1.807) is 6.20 Å². The van der Waals surface area contributed by atoms with Crippen LogP contribution in [0.1, 0.15) is 37.2 Å². The molecule has 1 heterocycles. The molecule has 4 nitrogen and oxygen atoms in total. The third-order valence-electron chi connectivity index (χ3n) is 3.28. The van der Waals surface area contributed by atoms with Crippen molar-refractivity contribution in [1.29, 1.82) is 0 Å². The zero-order valence-electron chi connectivity index (χ0n) is 8.11. The van der Waals surface area contributed by atoms with Crippen LogP contribution >= 0.6 is 11.6 Å². The third kappa shape index (κ3) is 1.21. The number of halogens is 1. The maximum Gasteiger partial charge on any atom is 0.331 e. The molecule has 2 aliphatic carbocycles. The second-order valence-corrected chi connectivity index (χ2v) is 4.77. The Morgan fingerprint density at radius 3 is 2.73 bits per heavy atom. The molecule has 0 unspecified atom stereocenters. The molecule has 0 atom stereocenters. The summed E-state index contributed by atoms with van der Waals surface area (Å²) in [7, 11) is 0. The van der Waals surface area contributed by atoms with Gasteiger partial charge in [0.05, 0.1) is 6.20 Å². The fourth-order valence-electron chi connectivity index (χ4n) is 1.95. The van der Waals surface area contributed by atoms with Crippen LogP contribution in [0.2, 0.25) is 5.15 Å². The number of nitrogens with zero attached hydrogens (tertiary/aromatic N) is 2. The molecule has 0 spiro atoms. The van der Waals surface area contributed by atoms with Crippen LogP contribution in [0.3, 0.4) is 0 Å². The van der Waals surface area contributed by atoms with Crippen molar-refractivity contribution in [3.8, 4) is 0 Å². The van der Waals surface area contributed by atoms with Crippen LogP contribution < -0.4 is 0 Å². The molecule has 0 radical (unpaired) electrons. The molecule has 2 saturated carbocycles. The van der Waals surface area contributed by atoms with Crippen molar-refractivity contribution in [3.63, 3.8) is 0 Å². The molecule has 2 aliphatic rings. The van der Waals surface area contributed by atoms with Crippen LogP contribution in [-0.4, -0.2) is 20.9 Å². The highest BCUT2D eigenvalue weighted by molar-refractivity contribution is 6.30. The molecule has 5 heteroatoms. The highest BCUT2D eigenvalue weighted by atomic mass is 35.5. The molecule has 80 valence electrons. The molecule has 0 amide bonds. The second-order valence-electron chi connectivity index (χ2n) is 4.41. The van der Waals surface area contributed by atoms with E-state index in [1.165, 1.54) is 4.68 Å². The van der Waals surface area contributed by atoms with Gasteiger partial charge in [-0.25, -0.2) is 9.48 Å². The van der Waals surface area contributed by atoms with Gasteiger partial charge in [-0.2, -0.15) is 5.10 Å². The van der Waals surface area contributed by atoms with Crippen molar-refractivity contribution in [2.24, 2.45) is 0 Å². The van der Waals surface area contributed by atoms with Gasteiger partial charge in [0.2, 0.25) is 0 Å². The highest BCUT2D eigenvalue weighted by Crippen LogP contribution is 2.49. The molecule has 0 aromatic carbocycles. The molecule has 15 heavy (non-hydrogen) atoms. The van der Waals surface area contributed by atoms with E-state index >= 15 is 0 Å². The Bertz CT molecular complexity index is 433. The summed E-state index contributed by atoms with van der Waals surface area (Å²) in [6.07, 6.45) is 5.28. The van der Waals surface area contributed by atoms with E-state index in [9.17, 15) is 4.79 Å². The summed E-state index contributed by atoms with van der Waals surface area (Å²) in [6, 6.07) is 0. The van der Waals surface area contributed by atoms with Crippen LogP contribution in [0.4, 0.5) is 0 Å². The zero-order chi connectivity index (χ0) is 10.6. The third-order valence-corrected chi connectivity index (χ3v) is 3.66. The van der Waals surface area contributed by atoms with Crippen molar-refractivity contribution in [3.05, 3.63) is 16.9 Å². The quantitative estimate of drug-likeness (QED) is 0.858. The van der Waals surface area contributed by atoms with E-state index < -0.39 is 11.5 Å². The molecule has 1 aromatic heterocycles. The Balaban J connectivity index is 2.02. The molecule has 3 rings (SSSR count). The van der Waals surface area contributed by atoms with Crippen LogP contribution in [0.25, 0.3) is 0 Å². The first-order valence-corrected chi connectivity index (χ1v) is 5.50. The fraction of sp³-hybridized carbons (Fsp3) is 0.600. The maximum absolute atomic E-state index is 11.1. The van der Waals surface area contributed by atoms with Crippen molar-refractivity contribution < 1.29 is 9.90 Å². The molecule has 0 saturated heterocycles. The molecule has 0 aliphatic heterocycles. The SMILES string of the molecule is O=C(O)C1(n2ncc(C3CC3)c2Cl)CC1. The van der Waals surface area contributed by atoms with Crippen LogP contribution in [-0.2, 0) is 10.3 Å².